The molecule has 0 bridgehead atoms. The van der Waals surface area contributed by atoms with Gasteiger partial charge in [0, 0.05) is 18.6 Å². The van der Waals surface area contributed by atoms with Crippen molar-refractivity contribution < 1.29 is 4.39 Å². The van der Waals surface area contributed by atoms with Crippen molar-refractivity contribution in [3.8, 4) is 0 Å². The molecule has 3 rings (SSSR count). The van der Waals surface area contributed by atoms with Crippen LogP contribution in [0.3, 0.4) is 0 Å². The van der Waals surface area contributed by atoms with E-state index in [0.717, 1.165) is 41.5 Å². The second kappa shape index (κ2) is 4.97. The standard InChI is InChI=1S/C16H21FN2/c1-11-10-19(2)16-14(11)8-13(9-15(16)17)7-12-3-5-18-6-4-12/h8-10,12,18H,3-7H2,1-2H3. The lowest BCUT2D eigenvalue weighted by Crippen LogP contribution is -2.28. The molecule has 0 unspecified atom stereocenters. The summed E-state index contributed by atoms with van der Waals surface area (Å²) in [4.78, 5) is 0. The fraction of sp³-hybridized carbons (Fsp3) is 0.500. The van der Waals surface area contributed by atoms with Gasteiger partial charge < -0.3 is 9.88 Å². The number of fused-ring (bicyclic) bond motifs is 1. The van der Waals surface area contributed by atoms with Crippen molar-refractivity contribution in [2.75, 3.05) is 13.1 Å². The summed E-state index contributed by atoms with van der Waals surface area (Å²) in [6, 6.07) is 3.90. The molecule has 1 aromatic carbocycles. The summed E-state index contributed by atoms with van der Waals surface area (Å²) >= 11 is 0. The maximum atomic E-state index is 14.2. The van der Waals surface area contributed by atoms with Crippen LogP contribution in [-0.2, 0) is 13.5 Å². The highest BCUT2D eigenvalue weighted by Crippen LogP contribution is 2.27. The Morgan fingerprint density at radius 2 is 2.05 bits per heavy atom. The molecule has 1 N–H and O–H groups in total. The van der Waals surface area contributed by atoms with Gasteiger partial charge in [-0.25, -0.2) is 4.39 Å². The monoisotopic (exact) mass is 260 g/mol. The molecule has 0 amide bonds. The summed E-state index contributed by atoms with van der Waals surface area (Å²) in [5, 5.41) is 4.44. The number of benzene rings is 1. The van der Waals surface area contributed by atoms with Crippen LogP contribution in [-0.4, -0.2) is 17.7 Å². The average Bonchev–Trinajstić information content (AvgIpc) is 2.66. The van der Waals surface area contributed by atoms with Crippen LogP contribution in [0.2, 0.25) is 0 Å². The van der Waals surface area contributed by atoms with Crippen molar-refractivity contribution in [3.63, 3.8) is 0 Å². The highest BCUT2D eigenvalue weighted by atomic mass is 19.1. The Morgan fingerprint density at radius 1 is 1.32 bits per heavy atom. The fourth-order valence-corrected chi connectivity index (χ4v) is 3.28. The first-order valence-electron chi connectivity index (χ1n) is 7.10. The lowest BCUT2D eigenvalue weighted by atomic mass is 9.90. The quantitative estimate of drug-likeness (QED) is 0.877. The minimum Gasteiger partial charge on any atom is -0.348 e. The van der Waals surface area contributed by atoms with Gasteiger partial charge in [-0.3, -0.25) is 0 Å². The van der Waals surface area contributed by atoms with E-state index in [1.165, 1.54) is 12.8 Å². The van der Waals surface area contributed by atoms with Gasteiger partial charge in [-0.05, 0) is 68.5 Å². The van der Waals surface area contributed by atoms with Gasteiger partial charge in [0.25, 0.3) is 0 Å². The van der Waals surface area contributed by atoms with Crippen molar-refractivity contribution in [2.24, 2.45) is 13.0 Å². The van der Waals surface area contributed by atoms with E-state index in [0.29, 0.717) is 5.92 Å². The van der Waals surface area contributed by atoms with E-state index in [1.54, 1.807) is 6.07 Å². The molecule has 102 valence electrons. The Balaban J connectivity index is 1.94. The second-order valence-electron chi connectivity index (χ2n) is 5.79. The predicted octanol–water partition coefficient (Wildman–Crippen LogP) is 3.17. The Hall–Kier alpha value is -1.35. The molecule has 0 aliphatic carbocycles. The van der Waals surface area contributed by atoms with Crippen LogP contribution >= 0.6 is 0 Å². The van der Waals surface area contributed by atoms with Crippen LogP contribution < -0.4 is 5.32 Å². The molecule has 1 fully saturated rings. The first-order chi connectivity index (χ1) is 9.15. The van der Waals surface area contributed by atoms with Crippen LogP contribution in [0.5, 0.6) is 0 Å². The minimum absolute atomic E-state index is 0.0861. The molecule has 1 aliphatic rings. The van der Waals surface area contributed by atoms with E-state index in [2.05, 4.69) is 18.3 Å². The van der Waals surface area contributed by atoms with E-state index in [4.69, 9.17) is 0 Å². The number of nitrogens with zero attached hydrogens (tertiary/aromatic N) is 1. The Labute approximate surface area is 113 Å². The molecule has 1 aromatic heterocycles. The number of hydrogen-bond donors (Lipinski definition) is 1. The van der Waals surface area contributed by atoms with Crippen LogP contribution in [0.25, 0.3) is 10.9 Å². The number of halogens is 1. The lowest BCUT2D eigenvalue weighted by Gasteiger charge is -2.22. The number of piperidine rings is 1. The lowest BCUT2D eigenvalue weighted by molar-refractivity contribution is 0.372. The van der Waals surface area contributed by atoms with E-state index >= 15 is 0 Å². The van der Waals surface area contributed by atoms with Gasteiger partial charge in [-0.2, -0.15) is 0 Å². The topological polar surface area (TPSA) is 17.0 Å². The second-order valence-corrected chi connectivity index (χ2v) is 5.79. The van der Waals surface area contributed by atoms with Crippen LogP contribution in [0.4, 0.5) is 4.39 Å². The predicted molar refractivity (Wildman–Crippen MR) is 76.9 cm³/mol. The van der Waals surface area contributed by atoms with Crippen LogP contribution in [0.15, 0.2) is 18.3 Å². The summed E-state index contributed by atoms with van der Waals surface area (Å²) in [5.41, 5.74) is 3.03. The Morgan fingerprint density at radius 3 is 2.79 bits per heavy atom. The van der Waals surface area contributed by atoms with Gasteiger partial charge in [0.15, 0.2) is 0 Å². The van der Waals surface area contributed by atoms with Crippen molar-refractivity contribution in [3.05, 3.63) is 35.3 Å². The fourth-order valence-electron chi connectivity index (χ4n) is 3.28. The van der Waals surface area contributed by atoms with Gasteiger partial charge >= 0.3 is 0 Å². The number of hydrogen-bond acceptors (Lipinski definition) is 1. The van der Waals surface area contributed by atoms with E-state index in [1.807, 2.05) is 17.8 Å². The number of aromatic nitrogens is 1. The molecule has 0 spiro atoms. The third-order valence-corrected chi connectivity index (χ3v) is 4.27. The van der Waals surface area contributed by atoms with Gasteiger partial charge in [0.2, 0.25) is 0 Å². The molecule has 1 aliphatic heterocycles. The van der Waals surface area contributed by atoms with Crippen LogP contribution in [0.1, 0.15) is 24.0 Å². The van der Waals surface area contributed by atoms with Crippen LogP contribution in [0, 0.1) is 18.7 Å². The molecule has 0 radical (unpaired) electrons. The zero-order valence-electron chi connectivity index (χ0n) is 11.7. The normalized spacial score (nSPS) is 17.2. The Bertz CT molecular complexity index is 594. The van der Waals surface area contributed by atoms with Gasteiger partial charge in [0.1, 0.15) is 5.82 Å². The maximum Gasteiger partial charge on any atom is 0.147 e. The molecule has 1 saturated heterocycles. The van der Waals surface area contributed by atoms with Gasteiger partial charge in [-0.1, -0.05) is 0 Å². The van der Waals surface area contributed by atoms with Gasteiger partial charge in [-0.15, -0.1) is 0 Å². The molecule has 19 heavy (non-hydrogen) atoms. The number of aryl methyl sites for hydroxylation is 2. The first kappa shape index (κ1) is 12.7. The smallest absolute Gasteiger partial charge is 0.147 e. The van der Waals surface area contributed by atoms with E-state index < -0.39 is 0 Å². The molecular weight excluding hydrogens is 239 g/mol. The molecule has 3 heteroatoms. The molecule has 2 nitrogen and oxygen atoms in total. The third-order valence-electron chi connectivity index (χ3n) is 4.27. The highest BCUT2D eigenvalue weighted by Gasteiger charge is 2.16. The summed E-state index contributed by atoms with van der Waals surface area (Å²) in [5.74, 6) is 0.610. The SMILES string of the molecule is Cc1cn(C)c2c(F)cc(CC3CCNCC3)cc12. The Kier molecular flexibility index (Phi) is 3.31. The molecule has 2 heterocycles. The first-order valence-corrected chi connectivity index (χ1v) is 7.10. The zero-order chi connectivity index (χ0) is 13.4. The molecule has 0 atom stereocenters. The van der Waals surface area contributed by atoms with Gasteiger partial charge in [0.05, 0.1) is 5.52 Å². The molecule has 2 aromatic rings. The molecular formula is C16H21FN2. The highest BCUT2D eigenvalue weighted by molar-refractivity contribution is 5.85. The molecule has 0 saturated carbocycles. The van der Waals surface area contributed by atoms with Crippen molar-refractivity contribution in [1.29, 1.82) is 0 Å². The largest absolute Gasteiger partial charge is 0.348 e. The zero-order valence-corrected chi connectivity index (χ0v) is 11.7. The van der Waals surface area contributed by atoms with E-state index in [9.17, 15) is 4.39 Å². The summed E-state index contributed by atoms with van der Waals surface area (Å²) < 4.78 is 16.1. The maximum absolute atomic E-state index is 14.2. The van der Waals surface area contributed by atoms with Crippen molar-refractivity contribution in [2.45, 2.75) is 26.2 Å². The number of nitrogens with one attached hydrogen (secondary N) is 1. The summed E-state index contributed by atoms with van der Waals surface area (Å²) in [6.45, 7) is 4.25. The minimum atomic E-state index is -0.0861. The average molecular weight is 260 g/mol. The summed E-state index contributed by atoms with van der Waals surface area (Å²) in [6.07, 6.45) is 5.41. The van der Waals surface area contributed by atoms with Crippen molar-refractivity contribution in [1.82, 2.24) is 9.88 Å². The third kappa shape index (κ3) is 2.39. The number of rotatable bonds is 2. The van der Waals surface area contributed by atoms with E-state index in [-0.39, 0.29) is 5.82 Å². The van der Waals surface area contributed by atoms with Crippen molar-refractivity contribution >= 4 is 10.9 Å². The summed E-state index contributed by atoms with van der Waals surface area (Å²) in [7, 11) is 1.91.